The second-order valence-electron chi connectivity index (χ2n) is 4.29. The molecular weight excluding hydrogens is 198 g/mol. The van der Waals surface area contributed by atoms with Gasteiger partial charge in [-0.2, -0.15) is 0 Å². The summed E-state index contributed by atoms with van der Waals surface area (Å²) in [5.41, 5.74) is 7.34. The molecule has 78 valence electrons. The van der Waals surface area contributed by atoms with Crippen LogP contribution in [-0.4, -0.2) is 15.6 Å². The SMILES string of the molecule is Cl.NC1CCc2cnc(C3CC3)n2C1. The number of nitrogens with zero attached hydrogens (tertiary/aromatic N) is 2. The van der Waals surface area contributed by atoms with Gasteiger partial charge in [0.15, 0.2) is 0 Å². The normalized spacial score (nSPS) is 25.4. The van der Waals surface area contributed by atoms with Crippen molar-refractivity contribution in [2.24, 2.45) is 5.73 Å². The van der Waals surface area contributed by atoms with Crippen molar-refractivity contribution >= 4 is 12.4 Å². The van der Waals surface area contributed by atoms with Crippen LogP contribution in [0, 0.1) is 0 Å². The number of halogens is 1. The van der Waals surface area contributed by atoms with E-state index < -0.39 is 0 Å². The summed E-state index contributed by atoms with van der Waals surface area (Å²) in [5, 5.41) is 0. The van der Waals surface area contributed by atoms with E-state index in [1.54, 1.807) is 0 Å². The predicted octanol–water partition coefficient (Wildman–Crippen LogP) is 1.46. The number of rotatable bonds is 1. The molecule has 1 aromatic heterocycles. The van der Waals surface area contributed by atoms with E-state index in [-0.39, 0.29) is 12.4 Å². The van der Waals surface area contributed by atoms with Crippen molar-refractivity contribution in [1.82, 2.24) is 9.55 Å². The second-order valence-corrected chi connectivity index (χ2v) is 4.29. The molecule has 1 saturated carbocycles. The van der Waals surface area contributed by atoms with Gasteiger partial charge in [-0.1, -0.05) is 0 Å². The van der Waals surface area contributed by atoms with Gasteiger partial charge >= 0.3 is 0 Å². The molecule has 1 aromatic rings. The maximum absolute atomic E-state index is 5.95. The van der Waals surface area contributed by atoms with Crippen LogP contribution in [0.15, 0.2) is 6.20 Å². The Morgan fingerprint density at radius 3 is 2.86 bits per heavy atom. The minimum Gasteiger partial charge on any atom is -0.330 e. The summed E-state index contributed by atoms with van der Waals surface area (Å²) in [6.45, 7) is 0.987. The van der Waals surface area contributed by atoms with Gasteiger partial charge in [-0.05, 0) is 25.7 Å². The zero-order chi connectivity index (χ0) is 8.84. The van der Waals surface area contributed by atoms with Crippen LogP contribution in [0.5, 0.6) is 0 Å². The van der Waals surface area contributed by atoms with Crippen LogP contribution >= 0.6 is 12.4 Å². The highest BCUT2D eigenvalue weighted by Crippen LogP contribution is 2.40. The summed E-state index contributed by atoms with van der Waals surface area (Å²) in [7, 11) is 0. The molecule has 0 amide bonds. The third-order valence-corrected chi connectivity index (χ3v) is 3.10. The number of aryl methyl sites for hydroxylation is 1. The lowest BCUT2D eigenvalue weighted by Gasteiger charge is -2.22. The van der Waals surface area contributed by atoms with Crippen molar-refractivity contribution in [3.8, 4) is 0 Å². The largest absolute Gasteiger partial charge is 0.330 e. The average molecular weight is 214 g/mol. The number of fused-ring (bicyclic) bond motifs is 1. The molecule has 1 aliphatic heterocycles. The van der Waals surface area contributed by atoms with E-state index in [2.05, 4.69) is 9.55 Å². The number of hydrogen-bond donors (Lipinski definition) is 1. The molecule has 14 heavy (non-hydrogen) atoms. The van der Waals surface area contributed by atoms with Crippen molar-refractivity contribution in [2.45, 2.75) is 44.2 Å². The van der Waals surface area contributed by atoms with Crippen LogP contribution in [0.2, 0.25) is 0 Å². The number of hydrogen-bond acceptors (Lipinski definition) is 2. The number of nitrogens with two attached hydrogens (primary N) is 1. The van der Waals surface area contributed by atoms with Gasteiger partial charge < -0.3 is 10.3 Å². The minimum absolute atomic E-state index is 0. The molecule has 1 aliphatic carbocycles. The zero-order valence-electron chi connectivity index (χ0n) is 8.15. The van der Waals surface area contributed by atoms with Gasteiger partial charge in [-0.15, -0.1) is 12.4 Å². The molecule has 0 bridgehead atoms. The molecule has 0 spiro atoms. The van der Waals surface area contributed by atoms with Gasteiger partial charge in [0, 0.05) is 30.4 Å². The number of aromatic nitrogens is 2. The summed E-state index contributed by atoms with van der Waals surface area (Å²) in [4.78, 5) is 4.50. The maximum atomic E-state index is 5.95. The van der Waals surface area contributed by atoms with Crippen molar-refractivity contribution in [2.75, 3.05) is 0 Å². The lowest BCUT2D eigenvalue weighted by atomic mass is 10.1. The highest BCUT2D eigenvalue weighted by molar-refractivity contribution is 5.85. The Morgan fingerprint density at radius 1 is 1.36 bits per heavy atom. The van der Waals surface area contributed by atoms with Gasteiger partial charge in [-0.3, -0.25) is 0 Å². The quantitative estimate of drug-likeness (QED) is 0.768. The van der Waals surface area contributed by atoms with Gasteiger partial charge in [0.1, 0.15) is 5.82 Å². The van der Waals surface area contributed by atoms with E-state index >= 15 is 0 Å². The first-order valence-corrected chi connectivity index (χ1v) is 5.14. The Hall–Kier alpha value is -0.540. The van der Waals surface area contributed by atoms with E-state index in [0.29, 0.717) is 6.04 Å². The predicted molar refractivity (Wildman–Crippen MR) is 57.7 cm³/mol. The van der Waals surface area contributed by atoms with Crippen molar-refractivity contribution in [1.29, 1.82) is 0 Å². The molecule has 2 aliphatic rings. The van der Waals surface area contributed by atoms with Crippen molar-refractivity contribution < 1.29 is 0 Å². The smallest absolute Gasteiger partial charge is 0.112 e. The Kier molecular flexibility index (Phi) is 2.54. The molecule has 0 saturated heterocycles. The Morgan fingerprint density at radius 2 is 2.14 bits per heavy atom. The second kappa shape index (κ2) is 3.55. The Labute approximate surface area is 90.1 Å². The van der Waals surface area contributed by atoms with Crippen LogP contribution < -0.4 is 5.73 Å². The van der Waals surface area contributed by atoms with Crippen LogP contribution in [0.3, 0.4) is 0 Å². The molecule has 2 N–H and O–H groups in total. The highest BCUT2D eigenvalue weighted by atomic mass is 35.5. The maximum Gasteiger partial charge on any atom is 0.112 e. The third kappa shape index (κ3) is 1.55. The van der Waals surface area contributed by atoms with Gasteiger partial charge in [0.2, 0.25) is 0 Å². The average Bonchev–Trinajstić information content (AvgIpc) is 2.87. The zero-order valence-corrected chi connectivity index (χ0v) is 8.96. The van der Waals surface area contributed by atoms with Crippen LogP contribution in [0.4, 0.5) is 0 Å². The van der Waals surface area contributed by atoms with E-state index in [0.717, 1.165) is 25.3 Å². The van der Waals surface area contributed by atoms with Gasteiger partial charge in [-0.25, -0.2) is 4.98 Å². The van der Waals surface area contributed by atoms with Gasteiger partial charge in [0.05, 0.1) is 0 Å². The summed E-state index contributed by atoms with van der Waals surface area (Å²) < 4.78 is 2.35. The van der Waals surface area contributed by atoms with E-state index in [1.807, 2.05) is 6.20 Å². The Bertz CT molecular complexity index is 330. The molecule has 1 atom stereocenters. The fraction of sp³-hybridized carbons (Fsp3) is 0.700. The molecule has 2 heterocycles. The lowest BCUT2D eigenvalue weighted by molar-refractivity contribution is 0.449. The van der Waals surface area contributed by atoms with Crippen molar-refractivity contribution in [3.05, 3.63) is 17.7 Å². The van der Waals surface area contributed by atoms with E-state index in [1.165, 1.54) is 24.4 Å². The molecule has 3 rings (SSSR count). The van der Waals surface area contributed by atoms with Crippen LogP contribution in [0.1, 0.15) is 36.7 Å². The molecular formula is C10H16ClN3. The molecule has 4 heteroatoms. The molecule has 1 fully saturated rings. The summed E-state index contributed by atoms with van der Waals surface area (Å²) in [6.07, 6.45) is 6.92. The van der Waals surface area contributed by atoms with Gasteiger partial charge in [0.25, 0.3) is 0 Å². The molecule has 0 radical (unpaired) electrons. The fourth-order valence-corrected chi connectivity index (χ4v) is 2.16. The third-order valence-electron chi connectivity index (χ3n) is 3.10. The molecule has 1 unspecified atom stereocenters. The topological polar surface area (TPSA) is 43.8 Å². The monoisotopic (exact) mass is 213 g/mol. The first kappa shape index (κ1) is 9.99. The first-order chi connectivity index (χ1) is 6.34. The lowest BCUT2D eigenvalue weighted by Crippen LogP contribution is -2.32. The standard InChI is InChI=1S/C10H15N3.ClH/c11-8-3-4-9-5-12-10(7-1-2-7)13(9)6-8;/h5,7-8H,1-4,6,11H2;1H. The Balaban J connectivity index is 0.000000750. The molecule has 0 aromatic carbocycles. The highest BCUT2D eigenvalue weighted by Gasteiger charge is 2.30. The summed E-state index contributed by atoms with van der Waals surface area (Å²) in [5.74, 6) is 2.05. The minimum atomic E-state index is 0. The van der Waals surface area contributed by atoms with E-state index in [4.69, 9.17) is 5.73 Å². The van der Waals surface area contributed by atoms with Crippen LogP contribution in [-0.2, 0) is 13.0 Å². The molecule has 3 nitrogen and oxygen atoms in total. The number of imidazole rings is 1. The summed E-state index contributed by atoms with van der Waals surface area (Å²) >= 11 is 0. The first-order valence-electron chi connectivity index (χ1n) is 5.14. The van der Waals surface area contributed by atoms with Crippen molar-refractivity contribution in [3.63, 3.8) is 0 Å². The van der Waals surface area contributed by atoms with E-state index in [9.17, 15) is 0 Å². The fourth-order valence-electron chi connectivity index (χ4n) is 2.16. The van der Waals surface area contributed by atoms with Crippen LogP contribution in [0.25, 0.3) is 0 Å². The summed E-state index contributed by atoms with van der Waals surface area (Å²) in [6, 6.07) is 0.346.